The molecule has 0 aromatic carbocycles. The Morgan fingerprint density at radius 3 is 2.71 bits per heavy atom. The maximum Gasteiger partial charge on any atom is 0.255 e. The van der Waals surface area contributed by atoms with Gasteiger partial charge in [0.25, 0.3) is 5.91 Å². The zero-order valence-corrected chi connectivity index (χ0v) is 15.0. The molecule has 1 aliphatic rings. The molecule has 2 N–H and O–H groups in total. The molecular weight excluding hydrogens is 302 g/mol. The molecule has 1 unspecified atom stereocenters. The predicted molar refractivity (Wildman–Crippen MR) is 97.1 cm³/mol. The van der Waals surface area contributed by atoms with E-state index in [-0.39, 0.29) is 12.5 Å². The molecule has 0 saturated carbocycles. The van der Waals surface area contributed by atoms with Gasteiger partial charge in [0.1, 0.15) is 5.82 Å². The highest BCUT2D eigenvalue weighted by Gasteiger charge is 2.21. The number of carbonyl (C=O) groups excluding carboxylic acids is 1. The number of aliphatic hydroxyl groups is 1. The molecular formula is C19H31N3O2. The topological polar surface area (TPSA) is 65.5 Å². The van der Waals surface area contributed by atoms with E-state index in [1.54, 1.807) is 6.20 Å². The summed E-state index contributed by atoms with van der Waals surface area (Å²) in [6.07, 6.45) is 6.86. The molecule has 24 heavy (non-hydrogen) atoms. The van der Waals surface area contributed by atoms with Gasteiger partial charge in [0.15, 0.2) is 0 Å². The molecule has 0 spiro atoms. The van der Waals surface area contributed by atoms with Gasteiger partial charge >= 0.3 is 0 Å². The van der Waals surface area contributed by atoms with Crippen LogP contribution in [0.4, 0.5) is 5.82 Å². The molecule has 0 bridgehead atoms. The smallest absolute Gasteiger partial charge is 0.255 e. The molecule has 5 heteroatoms. The standard InChI is InChI=1S/C19H31N3O2/c1-3-4-16(9-12-23)13-20-18-6-5-17(14-21-18)19(24)22-10-7-15(2)8-11-22/h5-6,14-16,23H,3-4,7-13H2,1-2H3,(H,20,21). The lowest BCUT2D eigenvalue weighted by Gasteiger charge is -2.30. The Bertz CT molecular complexity index is 490. The predicted octanol–water partition coefficient (Wildman–Crippen LogP) is 3.16. The zero-order chi connectivity index (χ0) is 17.4. The first-order chi connectivity index (χ1) is 11.6. The summed E-state index contributed by atoms with van der Waals surface area (Å²) in [5, 5.41) is 12.4. The summed E-state index contributed by atoms with van der Waals surface area (Å²) in [6.45, 7) is 7.12. The Hall–Kier alpha value is -1.62. The molecule has 0 radical (unpaired) electrons. The number of likely N-dealkylation sites (tertiary alicyclic amines) is 1. The van der Waals surface area contributed by atoms with Crippen LogP contribution in [0.5, 0.6) is 0 Å². The lowest BCUT2D eigenvalue weighted by molar-refractivity contribution is 0.0697. The zero-order valence-electron chi connectivity index (χ0n) is 15.0. The van der Waals surface area contributed by atoms with Crippen molar-refractivity contribution in [1.29, 1.82) is 0 Å². The summed E-state index contributed by atoms with van der Waals surface area (Å²) >= 11 is 0. The van der Waals surface area contributed by atoms with E-state index >= 15 is 0 Å². The van der Waals surface area contributed by atoms with Crippen molar-refractivity contribution in [3.8, 4) is 0 Å². The number of pyridine rings is 1. The highest BCUT2D eigenvalue weighted by molar-refractivity contribution is 5.94. The van der Waals surface area contributed by atoms with Gasteiger partial charge in [-0.25, -0.2) is 4.98 Å². The summed E-state index contributed by atoms with van der Waals surface area (Å²) in [5.74, 6) is 2.05. The van der Waals surface area contributed by atoms with Crippen LogP contribution in [0.1, 0.15) is 56.3 Å². The molecule has 1 saturated heterocycles. The van der Waals surface area contributed by atoms with Gasteiger partial charge in [0.05, 0.1) is 5.56 Å². The number of piperidine rings is 1. The van der Waals surface area contributed by atoms with Crippen LogP contribution in [0.3, 0.4) is 0 Å². The summed E-state index contributed by atoms with van der Waals surface area (Å²) in [4.78, 5) is 18.8. The second-order valence-electron chi connectivity index (χ2n) is 6.95. The summed E-state index contributed by atoms with van der Waals surface area (Å²) in [6, 6.07) is 3.73. The van der Waals surface area contributed by atoms with E-state index in [2.05, 4.69) is 24.1 Å². The summed E-state index contributed by atoms with van der Waals surface area (Å²) in [7, 11) is 0. The minimum atomic E-state index is 0.0880. The summed E-state index contributed by atoms with van der Waals surface area (Å²) in [5.41, 5.74) is 0.663. The van der Waals surface area contributed by atoms with Crippen molar-refractivity contribution in [2.45, 2.75) is 46.0 Å². The second-order valence-corrected chi connectivity index (χ2v) is 6.95. The first-order valence-electron chi connectivity index (χ1n) is 9.24. The van der Waals surface area contributed by atoms with Crippen molar-refractivity contribution < 1.29 is 9.90 Å². The Balaban J connectivity index is 1.86. The molecule has 134 valence electrons. The van der Waals surface area contributed by atoms with Crippen LogP contribution in [0, 0.1) is 11.8 Å². The highest BCUT2D eigenvalue weighted by atomic mass is 16.3. The van der Waals surface area contributed by atoms with Crippen LogP contribution in [0.2, 0.25) is 0 Å². The van der Waals surface area contributed by atoms with Crippen LogP contribution >= 0.6 is 0 Å². The van der Waals surface area contributed by atoms with E-state index in [1.165, 1.54) is 0 Å². The van der Waals surface area contributed by atoms with Crippen molar-refractivity contribution >= 4 is 11.7 Å². The third-order valence-electron chi connectivity index (χ3n) is 4.89. The molecule has 1 aromatic heterocycles. The van der Waals surface area contributed by atoms with E-state index < -0.39 is 0 Å². The molecule has 1 aromatic rings. The molecule has 1 atom stereocenters. The SMILES string of the molecule is CCCC(CCO)CNc1ccc(C(=O)N2CCC(C)CC2)cn1. The molecule has 0 aliphatic carbocycles. The Morgan fingerprint density at radius 1 is 1.38 bits per heavy atom. The summed E-state index contributed by atoms with van der Waals surface area (Å²) < 4.78 is 0. The number of aliphatic hydroxyl groups excluding tert-OH is 1. The first kappa shape index (κ1) is 18.7. The van der Waals surface area contributed by atoms with E-state index in [1.807, 2.05) is 17.0 Å². The van der Waals surface area contributed by atoms with Gasteiger partial charge in [-0.2, -0.15) is 0 Å². The van der Waals surface area contributed by atoms with Gasteiger partial charge in [0, 0.05) is 32.4 Å². The maximum atomic E-state index is 12.5. The number of anilines is 1. The van der Waals surface area contributed by atoms with Crippen LogP contribution in [0.15, 0.2) is 18.3 Å². The fraction of sp³-hybridized carbons (Fsp3) is 0.684. The van der Waals surface area contributed by atoms with E-state index in [0.29, 0.717) is 17.4 Å². The molecule has 2 heterocycles. The Morgan fingerprint density at radius 2 is 2.12 bits per heavy atom. The molecule has 1 aliphatic heterocycles. The molecule has 5 nitrogen and oxygen atoms in total. The quantitative estimate of drug-likeness (QED) is 0.767. The monoisotopic (exact) mass is 333 g/mol. The Kier molecular flexibility index (Phi) is 7.50. The number of aromatic nitrogens is 1. The minimum absolute atomic E-state index is 0.0880. The lowest BCUT2D eigenvalue weighted by Crippen LogP contribution is -2.37. The van der Waals surface area contributed by atoms with Gasteiger partial charge in [-0.3, -0.25) is 4.79 Å². The first-order valence-corrected chi connectivity index (χ1v) is 9.24. The molecule has 2 rings (SSSR count). The normalized spacial score (nSPS) is 16.9. The number of rotatable bonds is 8. The van der Waals surface area contributed by atoms with Gasteiger partial charge in [-0.15, -0.1) is 0 Å². The minimum Gasteiger partial charge on any atom is -0.396 e. The van der Waals surface area contributed by atoms with Gasteiger partial charge in [0.2, 0.25) is 0 Å². The van der Waals surface area contributed by atoms with Gasteiger partial charge in [-0.05, 0) is 49.7 Å². The van der Waals surface area contributed by atoms with Gasteiger partial charge in [-0.1, -0.05) is 20.3 Å². The van der Waals surface area contributed by atoms with Crippen LogP contribution in [-0.4, -0.2) is 47.1 Å². The molecule has 1 amide bonds. The lowest BCUT2D eigenvalue weighted by atomic mass is 9.99. The average molecular weight is 333 g/mol. The van der Waals surface area contributed by atoms with Gasteiger partial charge < -0.3 is 15.3 Å². The largest absolute Gasteiger partial charge is 0.396 e. The van der Waals surface area contributed by atoms with E-state index in [9.17, 15) is 4.79 Å². The second kappa shape index (κ2) is 9.62. The number of hydrogen-bond donors (Lipinski definition) is 2. The van der Waals surface area contributed by atoms with Crippen molar-refractivity contribution in [3.63, 3.8) is 0 Å². The van der Waals surface area contributed by atoms with Crippen molar-refractivity contribution in [2.24, 2.45) is 11.8 Å². The number of nitrogens with one attached hydrogen (secondary N) is 1. The van der Waals surface area contributed by atoms with Crippen molar-refractivity contribution in [3.05, 3.63) is 23.9 Å². The van der Waals surface area contributed by atoms with Crippen LogP contribution in [0.25, 0.3) is 0 Å². The van der Waals surface area contributed by atoms with E-state index in [4.69, 9.17) is 5.11 Å². The third kappa shape index (κ3) is 5.48. The fourth-order valence-corrected chi connectivity index (χ4v) is 3.21. The number of carbonyl (C=O) groups is 1. The molecule has 1 fully saturated rings. The van der Waals surface area contributed by atoms with Crippen molar-refractivity contribution in [2.75, 3.05) is 31.6 Å². The highest BCUT2D eigenvalue weighted by Crippen LogP contribution is 2.18. The average Bonchev–Trinajstić information content (AvgIpc) is 2.60. The van der Waals surface area contributed by atoms with Crippen LogP contribution < -0.4 is 5.32 Å². The maximum absolute atomic E-state index is 12.5. The van der Waals surface area contributed by atoms with E-state index in [0.717, 1.165) is 57.6 Å². The fourth-order valence-electron chi connectivity index (χ4n) is 3.21. The number of nitrogens with zero attached hydrogens (tertiary/aromatic N) is 2. The number of amides is 1. The van der Waals surface area contributed by atoms with Crippen molar-refractivity contribution in [1.82, 2.24) is 9.88 Å². The van der Waals surface area contributed by atoms with Crippen LogP contribution in [-0.2, 0) is 0 Å². The third-order valence-corrected chi connectivity index (χ3v) is 4.89. The Labute approximate surface area is 145 Å². The number of hydrogen-bond acceptors (Lipinski definition) is 4.